The average molecular weight is 305 g/mol. The third kappa shape index (κ3) is 3.35. The molecule has 1 nitrogen and oxygen atoms in total. The monoisotopic (exact) mass is 304 g/mol. The van der Waals surface area contributed by atoms with E-state index in [0.29, 0.717) is 23.9 Å². The Morgan fingerprint density at radius 1 is 1.36 bits per heavy atom. The van der Waals surface area contributed by atoms with Gasteiger partial charge in [0.25, 0.3) is 0 Å². The normalized spacial score (nSPS) is 38.3. The van der Waals surface area contributed by atoms with Crippen molar-refractivity contribution in [3.8, 4) is 0 Å². The van der Waals surface area contributed by atoms with E-state index in [-0.39, 0.29) is 5.41 Å². The van der Waals surface area contributed by atoms with Crippen molar-refractivity contribution in [2.24, 2.45) is 22.7 Å². The van der Waals surface area contributed by atoms with Gasteiger partial charge in [0.05, 0.1) is 0 Å². The summed E-state index contributed by atoms with van der Waals surface area (Å²) in [6.45, 7) is 13.9. The first-order valence-corrected chi connectivity index (χ1v) is 9.29. The van der Waals surface area contributed by atoms with E-state index in [1.54, 1.807) is 5.57 Å². The van der Waals surface area contributed by atoms with Crippen LogP contribution in [-0.2, 0) is 0 Å². The van der Waals surface area contributed by atoms with Gasteiger partial charge in [0.2, 0.25) is 0 Å². The van der Waals surface area contributed by atoms with Crippen molar-refractivity contribution in [3.05, 3.63) is 23.8 Å². The summed E-state index contributed by atoms with van der Waals surface area (Å²) in [5.41, 5.74) is 3.71. The molecule has 2 aliphatic carbocycles. The van der Waals surface area contributed by atoms with Crippen LogP contribution in [0.5, 0.6) is 0 Å². The van der Waals surface area contributed by atoms with Crippen molar-refractivity contribution in [3.63, 3.8) is 0 Å². The fraction of sp³-hybridized carbons (Fsp3) is 0.810. The predicted molar refractivity (Wildman–Crippen MR) is 95.8 cm³/mol. The van der Waals surface area contributed by atoms with Crippen LogP contribution in [0.1, 0.15) is 79.1 Å². The van der Waals surface area contributed by atoms with E-state index in [4.69, 9.17) is 0 Å². The summed E-state index contributed by atoms with van der Waals surface area (Å²) in [6.07, 6.45) is 12.5. The number of aliphatic hydroxyl groups excluding tert-OH is 1. The van der Waals surface area contributed by atoms with Crippen LogP contribution in [0.4, 0.5) is 0 Å². The fourth-order valence-electron chi connectivity index (χ4n) is 5.12. The Bertz CT molecular complexity index is 435. The van der Waals surface area contributed by atoms with Gasteiger partial charge >= 0.3 is 0 Å². The van der Waals surface area contributed by atoms with E-state index in [1.165, 1.54) is 44.1 Å². The first-order chi connectivity index (χ1) is 10.3. The molecule has 0 unspecified atom stereocenters. The number of hydrogen-bond donors (Lipinski definition) is 1. The van der Waals surface area contributed by atoms with E-state index in [0.717, 1.165) is 12.8 Å². The third-order valence-electron chi connectivity index (χ3n) is 6.89. The van der Waals surface area contributed by atoms with Gasteiger partial charge in [-0.3, -0.25) is 0 Å². The second kappa shape index (κ2) is 6.91. The quantitative estimate of drug-likeness (QED) is 0.606. The molecule has 2 rings (SSSR count). The molecule has 22 heavy (non-hydrogen) atoms. The Morgan fingerprint density at radius 2 is 2.09 bits per heavy atom. The molecular weight excluding hydrogens is 268 g/mol. The predicted octanol–water partition coefficient (Wildman–Crippen LogP) is 5.89. The second-order valence-electron chi connectivity index (χ2n) is 8.59. The smallest absolute Gasteiger partial charge is 0.0436 e. The average Bonchev–Trinajstić information content (AvgIpc) is 2.44. The minimum absolute atomic E-state index is 0.287. The molecular formula is C21H36O. The largest absolute Gasteiger partial charge is 0.396 e. The maximum Gasteiger partial charge on any atom is 0.0436 e. The minimum atomic E-state index is 0.287. The standard InChI is InChI=1S/C21H36O/c1-16(2)8-6-12-20(4)13-7-9-19-18(20)11-10-17(3)21(19,5)14-15-22/h11,17,19,22H,1,6-10,12-15H2,2-5H3/t17-,19-,20-,21-/m0/s1. The zero-order valence-electron chi connectivity index (χ0n) is 15.3. The molecule has 0 saturated heterocycles. The molecule has 0 bridgehead atoms. The van der Waals surface area contributed by atoms with Crippen LogP contribution in [-0.4, -0.2) is 11.7 Å². The molecule has 1 fully saturated rings. The number of allylic oxidation sites excluding steroid dienone is 3. The molecule has 0 aliphatic heterocycles. The van der Waals surface area contributed by atoms with Crippen LogP contribution in [0, 0.1) is 22.7 Å². The van der Waals surface area contributed by atoms with E-state index in [1.807, 2.05) is 0 Å². The second-order valence-corrected chi connectivity index (χ2v) is 8.59. The summed E-state index contributed by atoms with van der Waals surface area (Å²) in [4.78, 5) is 0. The maximum atomic E-state index is 9.60. The van der Waals surface area contributed by atoms with Gasteiger partial charge < -0.3 is 5.11 Å². The Balaban J connectivity index is 2.20. The number of aliphatic hydroxyl groups is 1. The summed E-state index contributed by atoms with van der Waals surface area (Å²) in [5.74, 6) is 1.37. The zero-order chi connectivity index (χ0) is 16.4. The fourth-order valence-corrected chi connectivity index (χ4v) is 5.12. The molecule has 2 aliphatic rings. The molecule has 1 heteroatoms. The van der Waals surface area contributed by atoms with Gasteiger partial charge in [0, 0.05) is 6.61 Å². The molecule has 0 aromatic rings. The van der Waals surface area contributed by atoms with E-state index < -0.39 is 0 Å². The van der Waals surface area contributed by atoms with Gasteiger partial charge in [-0.15, -0.1) is 6.58 Å². The van der Waals surface area contributed by atoms with Gasteiger partial charge in [-0.25, -0.2) is 0 Å². The molecule has 1 N–H and O–H groups in total. The highest BCUT2D eigenvalue weighted by Crippen LogP contribution is 2.58. The van der Waals surface area contributed by atoms with Gasteiger partial charge in [0.1, 0.15) is 0 Å². The first kappa shape index (κ1) is 17.8. The van der Waals surface area contributed by atoms with Crippen molar-refractivity contribution in [2.45, 2.75) is 79.1 Å². The van der Waals surface area contributed by atoms with Gasteiger partial charge in [-0.1, -0.05) is 44.4 Å². The van der Waals surface area contributed by atoms with Crippen molar-refractivity contribution in [1.29, 1.82) is 0 Å². The highest BCUT2D eigenvalue weighted by atomic mass is 16.3. The highest BCUT2D eigenvalue weighted by molar-refractivity contribution is 5.26. The third-order valence-corrected chi connectivity index (χ3v) is 6.89. The van der Waals surface area contributed by atoms with Crippen LogP contribution in [0.3, 0.4) is 0 Å². The molecule has 4 atom stereocenters. The van der Waals surface area contributed by atoms with E-state index in [2.05, 4.69) is 40.3 Å². The molecule has 0 heterocycles. The lowest BCUT2D eigenvalue weighted by atomic mass is 9.51. The molecule has 0 spiro atoms. The summed E-state index contributed by atoms with van der Waals surface area (Å²) in [5, 5.41) is 9.60. The minimum Gasteiger partial charge on any atom is -0.396 e. The molecule has 0 aromatic carbocycles. The molecule has 0 radical (unpaired) electrons. The summed E-state index contributed by atoms with van der Waals surface area (Å²) in [6, 6.07) is 0. The first-order valence-electron chi connectivity index (χ1n) is 9.29. The van der Waals surface area contributed by atoms with E-state index >= 15 is 0 Å². The van der Waals surface area contributed by atoms with Gasteiger partial charge in [0.15, 0.2) is 0 Å². The van der Waals surface area contributed by atoms with Crippen LogP contribution < -0.4 is 0 Å². The molecule has 126 valence electrons. The molecule has 0 amide bonds. The van der Waals surface area contributed by atoms with Crippen LogP contribution in [0.25, 0.3) is 0 Å². The van der Waals surface area contributed by atoms with Crippen LogP contribution in [0.2, 0.25) is 0 Å². The lowest BCUT2D eigenvalue weighted by Crippen LogP contribution is -2.44. The van der Waals surface area contributed by atoms with Gasteiger partial charge in [-0.2, -0.15) is 0 Å². The SMILES string of the molecule is C=C(C)CCC[C@@]1(C)CCC[C@H]2C1=CC[C@H](C)[C@]2(C)CCO. The van der Waals surface area contributed by atoms with Crippen LogP contribution >= 0.6 is 0 Å². The molecule has 1 saturated carbocycles. The lowest BCUT2D eigenvalue weighted by molar-refractivity contribution is 0.0352. The Morgan fingerprint density at radius 3 is 2.73 bits per heavy atom. The van der Waals surface area contributed by atoms with Crippen molar-refractivity contribution in [2.75, 3.05) is 6.61 Å². The summed E-state index contributed by atoms with van der Waals surface area (Å²) in [7, 11) is 0. The number of rotatable bonds is 6. The topological polar surface area (TPSA) is 20.2 Å². The molecule has 0 aromatic heterocycles. The van der Waals surface area contributed by atoms with Crippen molar-refractivity contribution in [1.82, 2.24) is 0 Å². The van der Waals surface area contributed by atoms with E-state index in [9.17, 15) is 5.11 Å². The number of fused-ring (bicyclic) bond motifs is 1. The Labute approximate surface area is 137 Å². The lowest BCUT2D eigenvalue weighted by Gasteiger charge is -2.54. The van der Waals surface area contributed by atoms with Gasteiger partial charge in [-0.05, 0) is 74.5 Å². The Kier molecular flexibility index (Phi) is 5.59. The van der Waals surface area contributed by atoms with Crippen molar-refractivity contribution >= 4 is 0 Å². The highest BCUT2D eigenvalue weighted by Gasteiger charge is 2.48. The maximum absolute atomic E-state index is 9.60. The zero-order valence-corrected chi connectivity index (χ0v) is 15.3. The number of hydrogen-bond acceptors (Lipinski definition) is 1. The Hall–Kier alpha value is -0.560. The van der Waals surface area contributed by atoms with Crippen LogP contribution in [0.15, 0.2) is 23.8 Å². The van der Waals surface area contributed by atoms with Crippen molar-refractivity contribution < 1.29 is 5.11 Å². The summed E-state index contributed by atoms with van der Waals surface area (Å²) < 4.78 is 0. The summed E-state index contributed by atoms with van der Waals surface area (Å²) >= 11 is 0.